The van der Waals surface area contributed by atoms with Crippen LogP contribution in [0.1, 0.15) is 42.8 Å². The average molecular weight is 710 g/mol. The van der Waals surface area contributed by atoms with E-state index in [0.29, 0.717) is 0 Å². The number of unbranched alkanes of at least 4 members (excludes halogenated alkanes) is 3. The molecule has 4 nitrogen and oxygen atoms in total. The molecule has 0 bridgehead atoms. The quantitative estimate of drug-likeness (QED) is 0.0829. The fraction of sp³-hybridized carbons (Fsp3) is 0.226. The second-order valence-corrected chi connectivity index (χ2v) is 20.4. The number of aryl methyl sites for hydroxylation is 1. The summed E-state index contributed by atoms with van der Waals surface area (Å²) in [5.41, 5.74) is 5.09. The Hall–Kier alpha value is -2.08. The van der Waals surface area contributed by atoms with Crippen molar-refractivity contribution < 1.29 is 18.5 Å². The molecule has 0 amide bonds. The van der Waals surface area contributed by atoms with Gasteiger partial charge in [-0.1, -0.05) is 92.6 Å². The summed E-state index contributed by atoms with van der Waals surface area (Å²) in [5.74, 6) is 0. The van der Waals surface area contributed by atoms with Crippen molar-refractivity contribution in [2.24, 2.45) is 9.98 Å². The average Bonchev–Trinajstić information content (AvgIpc) is 3.58. The molecule has 2 aromatic heterocycles. The Bertz CT molecular complexity index is 1500. The number of hydrogen-bond donors (Lipinski definition) is 0. The Labute approximate surface area is 247 Å². The van der Waals surface area contributed by atoms with Gasteiger partial charge in [-0.2, -0.15) is 5.69 Å². The first-order valence-electron chi connectivity index (χ1n) is 12.8. The van der Waals surface area contributed by atoms with Crippen molar-refractivity contribution in [1.29, 1.82) is 0 Å². The van der Waals surface area contributed by atoms with E-state index < -0.39 is 0 Å². The van der Waals surface area contributed by atoms with E-state index in [9.17, 15) is 0 Å². The molecule has 38 heavy (non-hydrogen) atoms. The van der Waals surface area contributed by atoms with E-state index in [1.165, 1.54) is 39.9 Å². The summed E-state index contributed by atoms with van der Waals surface area (Å²) in [6.45, 7) is 3.69. The molecule has 0 fully saturated rings. The molecule has 0 radical (unpaired) electrons. The van der Waals surface area contributed by atoms with Crippen LogP contribution in [0.2, 0.25) is 0 Å². The normalized spacial score (nSPS) is 11.3. The third kappa shape index (κ3) is 8.21. The van der Waals surface area contributed by atoms with Gasteiger partial charge in [0.2, 0.25) is 0 Å². The predicted octanol–water partition coefficient (Wildman–Crippen LogP) is 8.67. The zero-order chi connectivity index (χ0) is 26.6. The number of hydrogen-bond acceptors (Lipinski definition) is 2. The first-order valence-corrected chi connectivity index (χ1v) is 24.0. The van der Waals surface area contributed by atoms with Gasteiger partial charge in [0.15, 0.2) is 0 Å². The maximum absolute atomic E-state index is 4.86. The fourth-order valence-electron chi connectivity index (χ4n) is 4.50. The van der Waals surface area contributed by atoms with Crippen LogP contribution in [0, 0.1) is 6.92 Å². The topological polar surface area (TPSA) is 52.9 Å². The third-order valence-electron chi connectivity index (χ3n) is 6.28. The fourth-order valence-corrected chi connectivity index (χ4v) is 4.50. The van der Waals surface area contributed by atoms with Gasteiger partial charge in [-0.05, 0) is 46.0 Å². The van der Waals surface area contributed by atoms with E-state index in [4.69, 9.17) is 4.98 Å². The predicted molar refractivity (Wildman–Crippen MR) is 166 cm³/mol. The van der Waals surface area contributed by atoms with Gasteiger partial charge >= 0.3 is 43.0 Å². The Morgan fingerprint density at radius 2 is 1.26 bits per heavy atom. The van der Waals surface area contributed by atoms with Crippen molar-refractivity contribution in [2.45, 2.75) is 32.6 Å². The number of aromatic nitrogens is 2. The van der Waals surface area contributed by atoms with Gasteiger partial charge in [0.25, 0.3) is 0 Å². The molecule has 7 heteroatoms. The molecule has 5 rings (SSSR count). The van der Waals surface area contributed by atoms with E-state index >= 15 is 0 Å². The molecule has 0 saturated carbocycles. The number of fused-ring (bicyclic) bond motifs is 3. The van der Waals surface area contributed by atoms with Gasteiger partial charge in [0.05, 0.1) is 0 Å². The number of nitrogens with zero attached hydrogens (tertiary/aromatic N) is 4. The Morgan fingerprint density at radius 3 is 1.92 bits per heavy atom. The van der Waals surface area contributed by atoms with Crippen LogP contribution in [0.5, 0.6) is 0 Å². The molecule has 192 valence electrons. The minimum atomic E-state index is -0.145. The van der Waals surface area contributed by atoms with Crippen molar-refractivity contribution in [1.82, 2.24) is 9.97 Å². The second-order valence-electron chi connectivity index (χ2n) is 9.01. The van der Waals surface area contributed by atoms with Gasteiger partial charge < -0.3 is 9.97 Å². The van der Waals surface area contributed by atoms with Crippen molar-refractivity contribution in [3.05, 3.63) is 95.9 Å². The van der Waals surface area contributed by atoms with Crippen molar-refractivity contribution in [3.8, 4) is 11.3 Å². The Balaban J connectivity index is 0.00000107. The van der Waals surface area contributed by atoms with E-state index in [2.05, 4.69) is 106 Å². The molecule has 5 aromatic rings. The van der Waals surface area contributed by atoms with Crippen molar-refractivity contribution in [3.63, 3.8) is 0 Å². The SMILES string of the molecule is Cc1ccc(C=NCCCCCCN=Cc2ccc(-c3cc4ccccc4c4ccccc34)[n-]2)[n-]1.[Br][Zr+2][Br]. The Kier molecular flexibility index (Phi) is 11.8. The van der Waals surface area contributed by atoms with E-state index in [1.54, 1.807) is 0 Å². The molecule has 0 aliphatic rings. The second kappa shape index (κ2) is 15.5. The van der Waals surface area contributed by atoms with Gasteiger partial charge in [-0.15, -0.1) is 17.1 Å². The molecular weight excluding hydrogens is 679 g/mol. The molecule has 0 atom stereocenters. The summed E-state index contributed by atoms with van der Waals surface area (Å²) < 4.78 is 0. The number of benzene rings is 3. The molecule has 2 heterocycles. The minimum absolute atomic E-state index is 0.145. The van der Waals surface area contributed by atoms with Crippen LogP contribution in [-0.4, -0.2) is 25.5 Å². The zero-order valence-corrected chi connectivity index (χ0v) is 27.1. The standard InChI is InChI=1S/C31H30N4.2BrH.Zr/c1-23-14-15-25(34-23)21-32-18-8-2-3-9-19-33-22-26-16-17-31(35-26)30-20-24-10-4-5-11-27(24)28-12-6-7-13-29(28)30;;;/h4-7,10-17,20-22H,2-3,8-9,18-19H2,1H3;2*1H;/q-2;;;+4/p-2. The van der Waals surface area contributed by atoms with E-state index in [-0.39, 0.29) is 18.5 Å². The summed E-state index contributed by atoms with van der Waals surface area (Å²) in [5, 5.41) is 5.02. The first kappa shape index (κ1) is 28.9. The Morgan fingerprint density at radius 1 is 0.684 bits per heavy atom. The van der Waals surface area contributed by atoms with Gasteiger partial charge in [0.1, 0.15) is 0 Å². The summed E-state index contributed by atoms with van der Waals surface area (Å²) in [7, 11) is 0. The molecule has 0 N–H and O–H groups in total. The molecule has 0 aliphatic carbocycles. The number of rotatable bonds is 10. The van der Waals surface area contributed by atoms with Gasteiger partial charge in [0, 0.05) is 25.5 Å². The summed E-state index contributed by atoms with van der Waals surface area (Å²) in [6.07, 6.45) is 8.32. The summed E-state index contributed by atoms with van der Waals surface area (Å²) in [4.78, 5) is 18.3. The van der Waals surface area contributed by atoms with Crippen molar-refractivity contribution >= 4 is 58.4 Å². The van der Waals surface area contributed by atoms with Crippen LogP contribution in [0.4, 0.5) is 0 Å². The first-order chi connectivity index (χ1) is 18.7. The molecule has 0 spiro atoms. The van der Waals surface area contributed by atoms with E-state index in [0.717, 1.165) is 48.7 Å². The van der Waals surface area contributed by atoms with Crippen LogP contribution in [0.15, 0.2) is 88.8 Å². The van der Waals surface area contributed by atoms with Crippen LogP contribution in [0.25, 0.3) is 32.8 Å². The zero-order valence-electron chi connectivity index (χ0n) is 21.4. The summed E-state index contributed by atoms with van der Waals surface area (Å²) >= 11 is 6.32. The van der Waals surface area contributed by atoms with Gasteiger partial charge in [-0.25, -0.2) is 0 Å². The van der Waals surface area contributed by atoms with Crippen molar-refractivity contribution in [2.75, 3.05) is 13.1 Å². The number of aliphatic imine (C=N–C) groups is 2. The van der Waals surface area contributed by atoms with E-state index in [1.807, 2.05) is 31.5 Å². The molecular formula is C31H30Br2N4Zr. The third-order valence-corrected chi connectivity index (χ3v) is 6.28. The molecule has 0 aliphatic heterocycles. The van der Waals surface area contributed by atoms with Crippen LogP contribution < -0.4 is 9.97 Å². The molecule has 3 aromatic carbocycles. The monoisotopic (exact) mass is 706 g/mol. The molecule has 0 saturated heterocycles. The van der Waals surface area contributed by atoms with Gasteiger partial charge in [-0.3, -0.25) is 9.98 Å². The van der Waals surface area contributed by atoms with Crippen LogP contribution >= 0.6 is 24.4 Å². The number of halogens is 2. The summed E-state index contributed by atoms with van der Waals surface area (Å²) in [6, 6.07) is 27.6. The van der Waals surface area contributed by atoms with Crippen LogP contribution in [0.3, 0.4) is 0 Å². The maximum atomic E-state index is 4.86. The molecule has 0 unspecified atom stereocenters. The van der Waals surface area contributed by atoms with Crippen LogP contribution in [-0.2, 0) is 18.5 Å².